The zero-order valence-electron chi connectivity index (χ0n) is 51.6. The second-order valence-electron chi connectivity index (χ2n) is 30.3. The van der Waals surface area contributed by atoms with Gasteiger partial charge in [-0.25, -0.2) is 0 Å². The highest BCUT2D eigenvalue weighted by atomic mass is 16.7. The van der Waals surface area contributed by atoms with Gasteiger partial charge in [0.1, 0.15) is 0 Å². The molecule has 11 aliphatic rings. The van der Waals surface area contributed by atoms with Gasteiger partial charge in [-0.2, -0.15) is 0 Å². The van der Waals surface area contributed by atoms with Crippen molar-refractivity contribution in [2.75, 3.05) is 27.2 Å². The number of esters is 4. The number of carbonyl (C=O) groups is 4. The van der Waals surface area contributed by atoms with Crippen molar-refractivity contribution in [3.05, 3.63) is 0 Å². The fraction of sp³-hybridized carbons (Fsp3) is 0.939. The summed E-state index contributed by atoms with van der Waals surface area (Å²) in [6, 6.07) is 0. The third-order valence-electron chi connectivity index (χ3n) is 24.3. The lowest BCUT2D eigenvalue weighted by molar-refractivity contribution is -0.192. The molecule has 12 heteroatoms. The Balaban J connectivity index is 0.000000138. The van der Waals surface area contributed by atoms with E-state index >= 15 is 0 Å². The highest BCUT2D eigenvalue weighted by Crippen LogP contribution is 2.70. The van der Waals surface area contributed by atoms with E-state index in [9.17, 15) is 19.2 Å². The van der Waals surface area contributed by atoms with Crippen LogP contribution in [-0.4, -0.2) is 74.0 Å². The fourth-order valence-electron chi connectivity index (χ4n) is 18.1. The third-order valence-corrected chi connectivity index (χ3v) is 24.3. The Hall–Kier alpha value is -2.28. The van der Waals surface area contributed by atoms with Gasteiger partial charge in [0.15, 0.2) is 27.2 Å². The van der Waals surface area contributed by atoms with Crippen LogP contribution >= 0.6 is 0 Å². The summed E-state index contributed by atoms with van der Waals surface area (Å²) in [7, 11) is 0. The van der Waals surface area contributed by atoms with E-state index < -0.39 is 16.2 Å². The molecule has 11 rings (SSSR count). The van der Waals surface area contributed by atoms with Gasteiger partial charge in [0.05, 0.1) is 45.1 Å². The molecule has 0 heterocycles. The minimum absolute atomic E-state index is 0.0350. The highest BCUT2D eigenvalue weighted by Gasteiger charge is 2.67. The predicted octanol–water partition coefficient (Wildman–Crippen LogP) is 15.1. The zero-order chi connectivity index (χ0) is 56.7. The quantitative estimate of drug-likeness (QED) is 0.0496. The van der Waals surface area contributed by atoms with Gasteiger partial charge in [-0.15, -0.1) is 0 Å². The predicted molar refractivity (Wildman–Crippen MR) is 301 cm³/mol. The Morgan fingerprint density at radius 1 is 0.538 bits per heavy atom. The number of ether oxygens (including phenoxy) is 8. The molecular weight excluding hydrogens is 985 g/mol. The van der Waals surface area contributed by atoms with Crippen molar-refractivity contribution in [3.8, 4) is 0 Å². The molecule has 0 amide bonds. The summed E-state index contributed by atoms with van der Waals surface area (Å²) >= 11 is 0. The monoisotopic (exact) mass is 1090 g/mol. The van der Waals surface area contributed by atoms with Crippen molar-refractivity contribution in [2.24, 2.45) is 92.2 Å². The molecule has 0 aromatic heterocycles. The molecule has 0 aliphatic heterocycles. The number of hydrogen-bond donors (Lipinski definition) is 0. The molecule has 0 radical (unpaired) electrons. The topological polar surface area (TPSA) is 142 Å². The van der Waals surface area contributed by atoms with Crippen LogP contribution in [0.25, 0.3) is 0 Å². The van der Waals surface area contributed by atoms with Crippen LogP contribution in [0.4, 0.5) is 0 Å². The van der Waals surface area contributed by atoms with Gasteiger partial charge < -0.3 is 37.9 Å². The first-order chi connectivity index (χ1) is 36.7. The summed E-state index contributed by atoms with van der Waals surface area (Å²) in [5.74, 6) is 8.00. The first kappa shape index (κ1) is 61.8. The van der Waals surface area contributed by atoms with Crippen LogP contribution < -0.4 is 0 Å². The summed E-state index contributed by atoms with van der Waals surface area (Å²) in [6.45, 7) is 29.0. The Bertz CT molecular complexity index is 2070. The van der Waals surface area contributed by atoms with Crippen molar-refractivity contribution >= 4 is 23.9 Å². The SMILES string of the molecule is CCC(C)(C)C(=O)OCOC12CCC(C1)C1C3CCC(C3)C12.CCC(C)(C)C(=O)OCOC12CCC(C1)C1CCCC12.CCC(C)(C)C(=O)OCOC12CCC(CC1)C2.CCC(C)C(=O)OCOC1C2(C)CCC(C2)C1(C)C. The van der Waals surface area contributed by atoms with Gasteiger partial charge >= 0.3 is 23.9 Å². The van der Waals surface area contributed by atoms with E-state index in [0.29, 0.717) is 0 Å². The second kappa shape index (κ2) is 24.1. The fourth-order valence-corrected chi connectivity index (χ4v) is 18.1. The van der Waals surface area contributed by atoms with E-state index in [4.69, 9.17) is 37.9 Å². The molecule has 11 fully saturated rings. The van der Waals surface area contributed by atoms with Crippen LogP contribution in [0.15, 0.2) is 0 Å². The lowest BCUT2D eigenvalue weighted by Crippen LogP contribution is -2.43. The van der Waals surface area contributed by atoms with E-state index in [1.807, 2.05) is 76.2 Å². The molecule has 12 nitrogen and oxygen atoms in total. The molecule has 14 unspecified atom stereocenters. The maximum Gasteiger partial charge on any atom is 0.313 e. The average Bonchev–Trinajstić information content (AvgIpc) is 3.98. The van der Waals surface area contributed by atoms with Crippen molar-refractivity contribution in [2.45, 2.75) is 274 Å². The van der Waals surface area contributed by atoms with E-state index in [1.54, 1.807) is 0 Å². The minimum Gasteiger partial charge on any atom is -0.438 e. The van der Waals surface area contributed by atoms with Crippen molar-refractivity contribution in [3.63, 3.8) is 0 Å². The molecule has 0 spiro atoms. The van der Waals surface area contributed by atoms with Crippen LogP contribution in [-0.2, 0) is 57.1 Å². The van der Waals surface area contributed by atoms with Gasteiger partial charge in [-0.3, -0.25) is 19.2 Å². The van der Waals surface area contributed by atoms with Crippen molar-refractivity contribution in [1.29, 1.82) is 0 Å². The van der Waals surface area contributed by atoms with Gasteiger partial charge in [-0.05, 0) is 259 Å². The lowest BCUT2D eigenvalue weighted by atomic mass is 9.69. The van der Waals surface area contributed by atoms with E-state index in [2.05, 4.69) is 20.8 Å². The van der Waals surface area contributed by atoms with Crippen LogP contribution in [0.1, 0.15) is 251 Å². The largest absolute Gasteiger partial charge is 0.438 e. The summed E-state index contributed by atoms with van der Waals surface area (Å²) in [6.07, 6.45) is 29.1. The Kier molecular flexibility index (Phi) is 19.1. The Labute approximate surface area is 472 Å². The van der Waals surface area contributed by atoms with Crippen molar-refractivity contribution < 1.29 is 57.1 Å². The maximum atomic E-state index is 12.1. The van der Waals surface area contributed by atoms with Crippen LogP contribution in [0.5, 0.6) is 0 Å². The van der Waals surface area contributed by atoms with E-state index in [1.165, 1.54) is 116 Å². The summed E-state index contributed by atoms with van der Waals surface area (Å²) < 4.78 is 45.7. The normalized spacial score (nSPS) is 38.8. The van der Waals surface area contributed by atoms with Crippen LogP contribution in [0, 0.1) is 92.2 Å². The van der Waals surface area contributed by atoms with Crippen molar-refractivity contribution in [1.82, 2.24) is 0 Å². The van der Waals surface area contributed by atoms with Crippen LogP contribution in [0.2, 0.25) is 0 Å². The second-order valence-corrected chi connectivity index (χ2v) is 30.3. The molecule has 0 N–H and O–H groups in total. The number of hydrogen-bond acceptors (Lipinski definition) is 12. The number of carbonyl (C=O) groups excluding carboxylic acids is 4. The Morgan fingerprint density at radius 3 is 1.64 bits per heavy atom. The smallest absolute Gasteiger partial charge is 0.313 e. The summed E-state index contributed by atoms with van der Waals surface area (Å²) in [5, 5.41) is 0. The molecule has 11 aliphatic carbocycles. The first-order valence-corrected chi connectivity index (χ1v) is 32.0. The zero-order valence-corrected chi connectivity index (χ0v) is 51.6. The Morgan fingerprint density at radius 2 is 1.09 bits per heavy atom. The lowest BCUT2D eigenvalue weighted by Gasteiger charge is -2.42. The number of fused-ring (bicyclic) bond motifs is 18. The average molecular weight is 1100 g/mol. The molecule has 0 saturated heterocycles. The van der Waals surface area contributed by atoms with E-state index in [-0.39, 0.29) is 90.7 Å². The molecule has 11 saturated carbocycles. The van der Waals surface area contributed by atoms with Crippen LogP contribution in [0.3, 0.4) is 0 Å². The number of rotatable bonds is 20. The molecule has 10 bridgehead atoms. The summed E-state index contributed by atoms with van der Waals surface area (Å²) in [4.78, 5) is 47.5. The molecule has 78 heavy (non-hydrogen) atoms. The standard InChI is InChI=1S/C19H30O3.C17H28O3.C16H28O3.C14H24O3/c1-4-18(2,3)17(20)21-11-22-19-8-7-14(10-19)15-12-5-6-13(9-12)16(15)19;1-4-16(2,3)15(18)19-11-20-17-9-8-12(10-17)13-6-5-7-14(13)17;1-6-11(2)13(17)18-10-19-14-15(3,4)12-7-8-16(14,5)9-12;1-4-13(2,3)12(15)16-10-17-14-7-5-11(9-14)6-8-14/h12-16H,4-11H2,1-3H3;12-14H,4-11H2,1-3H3;11-12,14H,6-10H2,1-5H3;11H,4-10H2,1-3H3. The highest BCUT2D eigenvalue weighted by molar-refractivity contribution is 5.76. The first-order valence-electron chi connectivity index (χ1n) is 32.0. The van der Waals surface area contributed by atoms with Gasteiger partial charge in [0, 0.05) is 0 Å². The van der Waals surface area contributed by atoms with Gasteiger partial charge in [-0.1, -0.05) is 61.8 Å². The third kappa shape index (κ3) is 12.5. The van der Waals surface area contributed by atoms with Gasteiger partial charge in [0.25, 0.3) is 0 Å². The maximum absolute atomic E-state index is 12.1. The summed E-state index contributed by atoms with van der Waals surface area (Å²) in [5.41, 5.74) is -0.577. The molecule has 0 aromatic carbocycles. The molecule has 14 atom stereocenters. The van der Waals surface area contributed by atoms with Gasteiger partial charge in [0.2, 0.25) is 0 Å². The molecular formula is C66H110O12. The molecule has 0 aromatic rings. The molecule has 446 valence electrons. The minimum atomic E-state index is -0.399. The van der Waals surface area contributed by atoms with E-state index in [0.717, 1.165) is 97.7 Å².